The van der Waals surface area contributed by atoms with Gasteiger partial charge in [0.05, 0.1) is 0 Å². The molecule has 1 aliphatic rings. The highest BCUT2D eigenvalue weighted by Gasteiger charge is 2.21. The van der Waals surface area contributed by atoms with Crippen LogP contribution in [0.2, 0.25) is 0 Å². The average Bonchev–Trinajstić information content (AvgIpc) is 2.71. The summed E-state index contributed by atoms with van der Waals surface area (Å²) in [6.07, 6.45) is 3.83. The van der Waals surface area contributed by atoms with E-state index in [1.165, 1.54) is 19.3 Å². The van der Waals surface area contributed by atoms with Crippen LogP contribution in [0.25, 0.3) is 11.4 Å². The van der Waals surface area contributed by atoms with Crippen molar-refractivity contribution in [2.24, 2.45) is 5.92 Å². The molecule has 0 bridgehead atoms. The van der Waals surface area contributed by atoms with Crippen molar-refractivity contribution < 1.29 is 0 Å². The van der Waals surface area contributed by atoms with Crippen molar-refractivity contribution in [3.63, 3.8) is 0 Å². The number of hydrogen-bond acceptors (Lipinski definition) is 5. The first kappa shape index (κ1) is 11.0. The molecule has 1 aromatic heterocycles. The molecule has 1 aromatic carbocycles. The number of rotatable bonds is 3. The SMILES string of the molecule is Nc1ccc(-c2nnnn2CC2CCC2)c(N)c1. The fourth-order valence-corrected chi connectivity index (χ4v) is 2.23. The first-order chi connectivity index (χ1) is 8.74. The Kier molecular flexibility index (Phi) is 2.62. The van der Waals surface area contributed by atoms with Crippen LogP contribution >= 0.6 is 0 Å². The van der Waals surface area contributed by atoms with E-state index < -0.39 is 0 Å². The summed E-state index contributed by atoms with van der Waals surface area (Å²) < 4.78 is 1.84. The van der Waals surface area contributed by atoms with Gasteiger partial charge in [0.15, 0.2) is 5.82 Å². The van der Waals surface area contributed by atoms with Crippen molar-refractivity contribution in [1.29, 1.82) is 0 Å². The average molecular weight is 244 g/mol. The Bertz CT molecular complexity index is 557. The van der Waals surface area contributed by atoms with Gasteiger partial charge in [0.2, 0.25) is 0 Å². The number of nitrogens with zero attached hydrogens (tertiary/aromatic N) is 4. The molecule has 18 heavy (non-hydrogen) atoms. The monoisotopic (exact) mass is 244 g/mol. The largest absolute Gasteiger partial charge is 0.399 e. The Balaban J connectivity index is 1.93. The van der Waals surface area contributed by atoms with Gasteiger partial charge in [-0.15, -0.1) is 5.10 Å². The molecule has 0 spiro atoms. The zero-order valence-electron chi connectivity index (χ0n) is 10.1. The third-order valence-electron chi connectivity index (χ3n) is 3.50. The van der Waals surface area contributed by atoms with Crippen LogP contribution < -0.4 is 11.5 Å². The summed E-state index contributed by atoms with van der Waals surface area (Å²) in [7, 11) is 0. The third-order valence-corrected chi connectivity index (χ3v) is 3.50. The van der Waals surface area contributed by atoms with Crippen molar-refractivity contribution in [3.8, 4) is 11.4 Å². The lowest BCUT2D eigenvalue weighted by Gasteiger charge is -2.25. The second kappa shape index (κ2) is 4.29. The second-order valence-electron chi connectivity index (χ2n) is 4.83. The summed E-state index contributed by atoms with van der Waals surface area (Å²) in [5.74, 6) is 1.42. The van der Waals surface area contributed by atoms with Crippen LogP contribution in [0.15, 0.2) is 18.2 Å². The number of tetrazole rings is 1. The zero-order valence-corrected chi connectivity index (χ0v) is 10.1. The van der Waals surface area contributed by atoms with Crippen LogP contribution in [0, 0.1) is 5.92 Å². The Morgan fingerprint density at radius 1 is 1.28 bits per heavy atom. The fourth-order valence-electron chi connectivity index (χ4n) is 2.23. The van der Waals surface area contributed by atoms with Gasteiger partial charge in [-0.05, 0) is 47.4 Å². The van der Waals surface area contributed by atoms with E-state index in [1.54, 1.807) is 6.07 Å². The van der Waals surface area contributed by atoms with Crippen LogP contribution in [-0.2, 0) is 6.54 Å². The highest BCUT2D eigenvalue weighted by atomic mass is 15.5. The number of nitrogen functional groups attached to an aromatic ring is 2. The minimum atomic E-state index is 0.611. The van der Waals surface area contributed by atoms with E-state index in [9.17, 15) is 0 Å². The van der Waals surface area contributed by atoms with Crippen LogP contribution in [0.3, 0.4) is 0 Å². The van der Waals surface area contributed by atoms with Crippen molar-refractivity contribution in [2.45, 2.75) is 25.8 Å². The summed E-state index contributed by atoms with van der Waals surface area (Å²) in [6.45, 7) is 0.867. The smallest absolute Gasteiger partial charge is 0.184 e. The van der Waals surface area contributed by atoms with Gasteiger partial charge in [-0.2, -0.15) is 0 Å². The van der Waals surface area contributed by atoms with Gasteiger partial charge in [-0.25, -0.2) is 4.68 Å². The lowest BCUT2D eigenvalue weighted by Crippen LogP contribution is -2.19. The number of anilines is 2. The van der Waals surface area contributed by atoms with E-state index in [4.69, 9.17) is 11.5 Å². The molecule has 0 radical (unpaired) electrons. The van der Waals surface area contributed by atoms with E-state index >= 15 is 0 Å². The molecule has 0 aliphatic heterocycles. The van der Waals surface area contributed by atoms with Gasteiger partial charge in [-0.1, -0.05) is 6.42 Å². The van der Waals surface area contributed by atoms with Crippen LogP contribution in [0.4, 0.5) is 11.4 Å². The maximum atomic E-state index is 5.97. The lowest BCUT2D eigenvalue weighted by molar-refractivity contribution is 0.265. The topological polar surface area (TPSA) is 95.6 Å². The summed E-state index contributed by atoms with van der Waals surface area (Å²) in [6, 6.07) is 5.42. The molecule has 3 rings (SSSR count). The van der Waals surface area contributed by atoms with Gasteiger partial charge >= 0.3 is 0 Å². The Labute approximate surface area is 105 Å². The van der Waals surface area contributed by atoms with Crippen molar-refractivity contribution in [2.75, 3.05) is 11.5 Å². The highest BCUT2D eigenvalue weighted by Crippen LogP contribution is 2.30. The van der Waals surface area contributed by atoms with Crippen LogP contribution in [-0.4, -0.2) is 20.2 Å². The molecule has 1 aliphatic carbocycles. The van der Waals surface area contributed by atoms with E-state index in [2.05, 4.69) is 15.5 Å². The molecule has 0 atom stereocenters. The molecule has 2 aromatic rings. The summed E-state index contributed by atoms with van der Waals surface area (Å²) in [5.41, 5.74) is 13.8. The molecule has 0 amide bonds. The predicted octanol–water partition coefficient (Wildman–Crippen LogP) is 1.30. The van der Waals surface area contributed by atoms with Gasteiger partial charge in [-0.3, -0.25) is 0 Å². The number of aromatic nitrogens is 4. The van der Waals surface area contributed by atoms with Gasteiger partial charge in [0, 0.05) is 23.5 Å². The van der Waals surface area contributed by atoms with Crippen molar-refractivity contribution in [1.82, 2.24) is 20.2 Å². The molecule has 4 N–H and O–H groups in total. The van der Waals surface area contributed by atoms with Crippen molar-refractivity contribution in [3.05, 3.63) is 18.2 Å². The Morgan fingerprint density at radius 3 is 2.78 bits per heavy atom. The summed E-state index contributed by atoms with van der Waals surface area (Å²) in [5, 5.41) is 11.9. The molecular formula is C12H16N6. The molecule has 94 valence electrons. The number of benzene rings is 1. The van der Waals surface area contributed by atoms with E-state index in [0.29, 0.717) is 17.3 Å². The molecule has 1 saturated carbocycles. The minimum Gasteiger partial charge on any atom is -0.399 e. The maximum absolute atomic E-state index is 5.97. The van der Waals surface area contributed by atoms with Crippen LogP contribution in [0.1, 0.15) is 19.3 Å². The summed E-state index contributed by atoms with van der Waals surface area (Å²) in [4.78, 5) is 0. The predicted molar refractivity (Wildman–Crippen MR) is 69.4 cm³/mol. The third kappa shape index (κ3) is 1.90. The molecule has 0 saturated heterocycles. The minimum absolute atomic E-state index is 0.611. The first-order valence-corrected chi connectivity index (χ1v) is 6.15. The molecule has 6 heteroatoms. The standard InChI is InChI=1S/C12H16N6/c13-9-4-5-10(11(14)6-9)12-15-16-17-18(12)7-8-2-1-3-8/h4-6,8H,1-3,7,13-14H2. The lowest BCUT2D eigenvalue weighted by atomic mass is 9.85. The van der Waals surface area contributed by atoms with E-state index in [0.717, 1.165) is 17.9 Å². The molecule has 0 unspecified atom stereocenters. The second-order valence-corrected chi connectivity index (χ2v) is 4.83. The fraction of sp³-hybridized carbons (Fsp3) is 0.417. The number of hydrogen-bond donors (Lipinski definition) is 2. The molecule has 1 heterocycles. The van der Waals surface area contributed by atoms with Crippen LogP contribution in [0.5, 0.6) is 0 Å². The molecule has 1 fully saturated rings. The Morgan fingerprint density at radius 2 is 2.11 bits per heavy atom. The van der Waals surface area contributed by atoms with Gasteiger partial charge in [0.25, 0.3) is 0 Å². The Hall–Kier alpha value is -2.11. The highest BCUT2D eigenvalue weighted by molar-refractivity contribution is 5.74. The molecular weight excluding hydrogens is 228 g/mol. The van der Waals surface area contributed by atoms with Crippen molar-refractivity contribution >= 4 is 11.4 Å². The van der Waals surface area contributed by atoms with Gasteiger partial charge < -0.3 is 11.5 Å². The normalized spacial score (nSPS) is 15.6. The maximum Gasteiger partial charge on any atom is 0.184 e. The first-order valence-electron chi connectivity index (χ1n) is 6.15. The van der Waals surface area contributed by atoms with E-state index in [-0.39, 0.29) is 0 Å². The van der Waals surface area contributed by atoms with E-state index in [1.807, 2.05) is 16.8 Å². The number of nitrogens with two attached hydrogens (primary N) is 2. The zero-order chi connectivity index (χ0) is 12.5. The van der Waals surface area contributed by atoms with Gasteiger partial charge in [0.1, 0.15) is 0 Å². The molecule has 6 nitrogen and oxygen atoms in total. The quantitative estimate of drug-likeness (QED) is 0.793. The summed E-state index contributed by atoms with van der Waals surface area (Å²) >= 11 is 0.